The third kappa shape index (κ3) is 4.87. The molecule has 0 saturated carbocycles. The molecule has 1 aromatic rings. The highest BCUT2D eigenvalue weighted by molar-refractivity contribution is 5.27. The number of epoxide rings is 1. The molecular formula is C17H26O2. The predicted octanol–water partition coefficient (Wildman–Crippen LogP) is 4.37. The first-order valence-electron chi connectivity index (χ1n) is 7.70. The molecule has 106 valence electrons. The second-order valence-corrected chi connectivity index (χ2v) is 5.36. The van der Waals surface area contributed by atoms with Crippen molar-refractivity contribution in [1.29, 1.82) is 0 Å². The first kappa shape index (κ1) is 14.4. The Balaban J connectivity index is 1.66. The Bertz CT molecular complexity index is 358. The van der Waals surface area contributed by atoms with Crippen LogP contribution in [-0.4, -0.2) is 18.8 Å². The van der Waals surface area contributed by atoms with Gasteiger partial charge < -0.3 is 9.47 Å². The van der Waals surface area contributed by atoms with E-state index in [-0.39, 0.29) is 0 Å². The van der Waals surface area contributed by atoms with E-state index >= 15 is 0 Å². The molecule has 1 aliphatic rings. The molecule has 2 unspecified atom stereocenters. The van der Waals surface area contributed by atoms with Crippen LogP contribution in [0.25, 0.3) is 0 Å². The zero-order chi connectivity index (χ0) is 13.5. The fraction of sp³-hybridized carbons (Fsp3) is 0.647. The Labute approximate surface area is 117 Å². The van der Waals surface area contributed by atoms with Gasteiger partial charge in [0.15, 0.2) is 0 Å². The van der Waals surface area contributed by atoms with Crippen molar-refractivity contribution >= 4 is 0 Å². The van der Waals surface area contributed by atoms with E-state index in [9.17, 15) is 0 Å². The molecule has 2 nitrogen and oxygen atoms in total. The minimum absolute atomic E-state index is 0.509. The van der Waals surface area contributed by atoms with E-state index in [4.69, 9.17) is 9.47 Å². The molecule has 1 fully saturated rings. The molecule has 0 aliphatic carbocycles. The maximum atomic E-state index is 5.71. The van der Waals surface area contributed by atoms with E-state index in [1.165, 1.54) is 18.4 Å². The van der Waals surface area contributed by atoms with Crippen LogP contribution in [-0.2, 0) is 11.2 Å². The summed E-state index contributed by atoms with van der Waals surface area (Å²) in [6.07, 6.45) is 8.08. The van der Waals surface area contributed by atoms with Gasteiger partial charge in [-0.1, -0.05) is 38.8 Å². The van der Waals surface area contributed by atoms with Gasteiger partial charge in [-0.2, -0.15) is 0 Å². The maximum Gasteiger partial charge on any atom is 0.119 e. The van der Waals surface area contributed by atoms with Crippen LogP contribution in [0, 0.1) is 0 Å². The van der Waals surface area contributed by atoms with E-state index in [1.54, 1.807) is 0 Å². The van der Waals surface area contributed by atoms with Gasteiger partial charge in [0.05, 0.1) is 18.8 Å². The van der Waals surface area contributed by atoms with E-state index in [0.717, 1.165) is 38.0 Å². The van der Waals surface area contributed by atoms with Crippen molar-refractivity contribution in [1.82, 2.24) is 0 Å². The van der Waals surface area contributed by atoms with Crippen molar-refractivity contribution in [2.75, 3.05) is 6.61 Å². The summed E-state index contributed by atoms with van der Waals surface area (Å²) in [5.41, 5.74) is 1.38. The van der Waals surface area contributed by atoms with Gasteiger partial charge in [-0.25, -0.2) is 0 Å². The van der Waals surface area contributed by atoms with Crippen molar-refractivity contribution in [3.63, 3.8) is 0 Å². The van der Waals surface area contributed by atoms with E-state index in [0.29, 0.717) is 12.2 Å². The van der Waals surface area contributed by atoms with Crippen LogP contribution in [0.5, 0.6) is 5.75 Å². The van der Waals surface area contributed by atoms with Gasteiger partial charge in [0.2, 0.25) is 0 Å². The maximum absolute atomic E-state index is 5.71. The van der Waals surface area contributed by atoms with Crippen LogP contribution >= 0.6 is 0 Å². The zero-order valence-corrected chi connectivity index (χ0v) is 12.2. The Morgan fingerprint density at radius 1 is 1.05 bits per heavy atom. The summed E-state index contributed by atoms with van der Waals surface area (Å²) in [5.74, 6) is 0.994. The van der Waals surface area contributed by atoms with Crippen molar-refractivity contribution < 1.29 is 9.47 Å². The van der Waals surface area contributed by atoms with Crippen LogP contribution in [0.15, 0.2) is 24.3 Å². The Morgan fingerprint density at radius 2 is 1.84 bits per heavy atom. The molecule has 0 radical (unpaired) electrons. The fourth-order valence-corrected chi connectivity index (χ4v) is 2.40. The number of aryl methyl sites for hydroxylation is 1. The van der Waals surface area contributed by atoms with Gasteiger partial charge in [-0.3, -0.25) is 0 Å². The quantitative estimate of drug-likeness (QED) is 0.487. The van der Waals surface area contributed by atoms with Crippen LogP contribution in [0.3, 0.4) is 0 Å². The molecular weight excluding hydrogens is 236 g/mol. The lowest BCUT2D eigenvalue weighted by molar-refractivity contribution is 0.306. The monoisotopic (exact) mass is 262 g/mol. The van der Waals surface area contributed by atoms with Crippen molar-refractivity contribution in [3.8, 4) is 5.75 Å². The minimum atomic E-state index is 0.509. The molecule has 1 aromatic carbocycles. The zero-order valence-electron chi connectivity index (χ0n) is 12.2. The molecule has 2 rings (SSSR count). The smallest absolute Gasteiger partial charge is 0.119 e. The average molecular weight is 262 g/mol. The summed E-state index contributed by atoms with van der Waals surface area (Å²) in [4.78, 5) is 0. The summed E-state index contributed by atoms with van der Waals surface area (Å²) >= 11 is 0. The lowest BCUT2D eigenvalue weighted by Gasteiger charge is -2.06. The van der Waals surface area contributed by atoms with E-state index < -0.39 is 0 Å². The van der Waals surface area contributed by atoms with Gasteiger partial charge in [0.25, 0.3) is 0 Å². The lowest BCUT2D eigenvalue weighted by Crippen LogP contribution is -1.98. The van der Waals surface area contributed by atoms with Crippen LogP contribution in [0.2, 0.25) is 0 Å². The van der Waals surface area contributed by atoms with Gasteiger partial charge >= 0.3 is 0 Å². The van der Waals surface area contributed by atoms with Crippen LogP contribution < -0.4 is 4.74 Å². The molecule has 0 spiro atoms. The van der Waals surface area contributed by atoms with E-state index in [1.807, 2.05) is 0 Å². The first-order valence-corrected chi connectivity index (χ1v) is 7.70. The predicted molar refractivity (Wildman–Crippen MR) is 78.7 cm³/mol. The molecule has 1 aliphatic heterocycles. The summed E-state index contributed by atoms with van der Waals surface area (Å²) in [5, 5.41) is 0. The Morgan fingerprint density at radius 3 is 2.47 bits per heavy atom. The summed E-state index contributed by atoms with van der Waals surface area (Å²) in [7, 11) is 0. The van der Waals surface area contributed by atoms with Crippen LogP contribution in [0.1, 0.15) is 51.5 Å². The molecule has 0 N–H and O–H groups in total. The highest BCUT2D eigenvalue weighted by Gasteiger charge is 2.35. The number of unbranched alkanes of at least 4 members (excludes halogenated alkanes) is 2. The van der Waals surface area contributed by atoms with Crippen molar-refractivity contribution in [2.24, 2.45) is 0 Å². The molecule has 0 amide bonds. The van der Waals surface area contributed by atoms with E-state index in [2.05, 4.69) is 38.1 Å². The van der Waals surface area contributed by atoms with Gasteiger partial charge in [-0.15, -0.1) is 0 Å². The molecule has 19 heavy (non-hydrogen) atoms. The highest BCUT2D eigenvalue weighted by atomic mass is 16.6. The van der Waals surface area contributed by atoms with Crippen molar-refractivity contribution in [2.45, 2.75) is 64.6 Å². The third-order valence-electron chi connectivity index (χ3n) is 3.75. The molecule has 1 heterocycles. The Kier molecular flexibility index (Phi) is 5.71. The van der Waals surface area contributed by atoms with Crippen molar-refractivity contribution in [3.05, 3.63) is 29.8 Å². The average Bonchev–Trinajstić information content (AvgIpc) is 3.21. The molecule has 1 saturated heterocycles. The molecule has 0 aromatic heterocycles. The number of benzene rings is 1. The Hall–Kier alpha value is -1.02. The van der Waals surface area contributed by atoms with Gasteiger partial charge in [-0.05, 0) is 43.4 Å². The summed E-state index contributed by atoms with van der Waals surface area (Å²) in [6.45, 7) is 5.23. The number of hydrogen-bond donors (Lipinski definition) is 0. The molecule has 2 atom stereocenters. The summed E-state index contributed by atoms with van der Waals surface area (Å²) < 4.78 is 11.3. The highest BCUT2D eigenvalue weighted by Crippen LogP contribution is 2.29. The number of rotatable bonds is 9. The fourth-order valence-electron chi connectivity index (χ4n) is 2.40. The van der Waals surface area contributed by atoms with Gasteiger partial charge in [0.1, 0.15) is 5.75 Å². The largest absolute Gasteiger partial charge is 0.494 e. The summed E-state index contributed by atoms with van der Waals surface area (Å²) in [6, 6.07) is 8.54. The second-order valence-electron chi connectivity index (χ2n) is 5.36. The molecule has 2 heteroatoms. The number of ether oxygens (including phenoxy) is 2. The van der Waals surface area contributed by atoms with Crippen LogP contribution in [0.4, 0.5) is 0 Å². The number of hydrogen-bond acceptors (Lipinski definition) is 2. The SMILES string of the molecule is CCCCCOc1ccc(CCC2OC2CC)cc1. The lowest BCUT2D eigenvalue weighted by atomic mass is 10.1. The second kappa shape index (κ2) is 7.54. The third-order valence-corrected chi connectivity index (χ3v) is 3.75. The van der Waals surface area contributed by atoms with Gasteiger partial charge in [0, 0.05) is 0 Å². The standard InChI is InChI=1S/C17H26O2/c1-3-5-6-13-18-15-10-7-14(8-11-15)9-12-17-16(4-2)19-17/h7-8,10-11,16-17H,3-6,9,12-13H2,1-2H3. The first-order chi connectivity index (χ1) is 9.33. The normalized spacial score (nSPS) is 21.4. The topological polar surface area (TPSA) is 21.8 Å². The minimum Gasteiger partial charge on any atom is -0.494 e. The molecule has 0 bridgehead atoms.